The fourth-order valence-electron chi connectivity index (χ4n) is 2.73. The van der Waals surface area contributed by atoms with Crippen LogP contribution in [0.25, 0.3) is 0 Å². The van der Waals surface area contributed by atoms with Crippen LogP contribution in [0.5, 0.6) is 23.0 Å². The van der Waals surface area contributed by atoms with Crippen LogP contribution < -0.4 is 24.3 Å². The minimum absolute atomic E-state index is 0.405. The predicted octanol–water partition coefficient (Wildman–Crippen LogP) is 4.90. The summed E-state index contributed by atoms with van der Waals surface area (Å²) in [7, 11) is 5.13. The Labute approximate surface area is 165 Å². The molecule has 0 aliphatic carbocycles. The van der Waals surface area contributed by atoms with Crippen LogP contribution in [-0.4, -0.2) is 21.3 Å². The zero-order valence-corrected chi connectivity index (χ0v) is 16.4. The van der Waals surface area contributed by atoms with E-state index >= 15 is 0 Å². The van der Waals surface area contributed by atoms with Crippen molar-refractivity contribution in [1.29, 1.82) is 0 Å². The number of methoxy groups -OCH3 is 2. The molecule has 3 aromatic carbocycles. The molecule has 0 atom stereocenters. The average Bonchev–Trinajstić information content (AvgIpc) is 2.77. The van der Waals surface area contributed by atoms with Crippen LogP contribution >= 0.6 is 0 Å². The van der Waals surface area contributed by atoms with Crippen LogP contribution in [-0.2, 0) is 13.2 Å². The first-order chi connectivity index (χ1) is 13.7. The van der Waals surface area contributed by atoms with Gasteiger partial charge in [-0.05, 0) is 23.3 Å². The quantitative estimate of drug-likeness (QED) is 0.573. The summed E-state index contributed by atoms with van der Waals surface area (Å²) in [5.74, 6) is 2.64. The molecule has 0 amide bonds. The number of hydrogen-bond acceptors (Lipinski definition) is 5. The fourth-order valence-corrected chi connectivity index (χ4v) is 2.73. The number of benzene rings is 3. The van der Waals surface area contributed by atoms with Crippen LogP contribution in [0, 0.1) is 0 Å². The second-order valence-corrected chi connectivity index (χ2v) is 6.17. The summed E-state index contributed by atoms with van der Waals surface area (Å²) in [6.07, 6.45) is 0. The summed E-state index contributed by atoms with van der Waals surface area (Å²) < 4.78 is 22.9. The largest absolute Gasteiger partial charge is 0.497 e. The minimum Gasteiger partial charge on any atom is -0.497 e. The Morgan fingerprint density at radius 1 is 0.714 bits per heavy atom. The minimum atomic E-state index is 0.405. The summed E-state index contributed by atoms with van der Waals surface area (Å²) in [5, 5.41) is 3.12. The highest BCUT2D eigenvalue weighted by Gasteiger charge is 2.15. The molecule has 0 radical (unpaired) electrons. The van der Waals surface area contributed by atoms with Gasteiger partial charge in [-0.15, -0.1) is 0 Å². The van der Waals surface area contributed by atoms with Crippen LogP contribution in [0.3, 0.4) is 0 Å². The maximum atomic E-state index is 6.08. The van der Waals surface area contributed by atoms with Crippen molar-refractivity contribution in [1.82, 2.24) is 0 Å². The van der Waals surface area contributed by atoms with Crippen molar-refractivity contribution >= 4 is 5.69 Å². The third-order valence-corrected chi connectivity index (χ3v) is 4.31. The van der Waals surface area contributed by atoms with E-state index in [2.05, 4.69) is 5.32 Å². The molecule has 0 unspecified atom stereocenters. The molecule has 0 heterocycles. The lowest BCUT2D eigenvalue weighted by molar-refractivity contribution is 0.244. The van der Waals surface area contributed by atoms with E-state index in [9.17, 15) is 0 Å². The van der Waals surface area contributed by atoms with Gasteiger partial charge < -0.3 is 24.3 Å². The van der Waals surface area contributed by atoms with Gasteiger partial charge in [-0.3, -0.25) is 0 Å². The lowest BCUT2D eigenvalue weighted by Gasteiger charge is -2.18. The van der Waals surface area contributed by atoms with Gasteiger partial charge in [0.05, 0.1) is 14.2 Å². The van der Waals surface area contributed by atoms with E-state index in [-0.39, 0.29) is 0 Å². The van der Waals surface area contributed by atoms with Crippen molar-refractivity contribution in [2.24, 2.45) is 0 Å². The molecule has 146 valence electrons. The highest BCUT2D eigenvalue weighted by molar-refractivity contribution is 5.62. The van der Waals surface area contributed by atoms with Crippen molar-refractivity contribution in [2.75, 3.05) is 26.6 Å². The number of anilines is 1. The Hall–Kier alpha value is -3.34. The third-order valence-electron chi connectivity index (χ3n) is 4.31. The molecule has 5 nitrogen and oxygen atoms in total. The third kappa shape index (κ3) is 4.88. The molecule has 0 aliphatic heterocycles. The number of nitrogens with one attached hydrogen (secondary N) is 1. The Kier molecular flexibility index (Phi) is 6.63. The van der Waals surface area contributed by atoms with Crippen molar-refractivity contribution in [3.05, 3.63) is 77.9 Å². The van der Waals surface area contributed by atoms with Gasteiger partial charge >= 0.3 is 0 Å². The van der Waals surface area contributed by atoms with Gasteiger partial charge in [0.1, 0.15) is 19.0 Å². The normalized spacial score (nSPS) is 10.2. The molecule has 0 aliphatic rings. The van der Waals surface area contributed by atoms with E-state index in [4.69, 9.17) is 18.9 Å². The Morgan fingerprint density at radius 2 is 1.36 bits per heavy atom. The van der Waals surface area contributed by atoms with Crippen molar-refractivity contribution < 1.29 is 18.9 Å². The Balaban J connectivity index is 1.81. The zero-order chi connectivity index (χ0) is 19.8. The molecule has 1 N–H and O–H groups in total. The highest BCUT2D eigenvalue weighted by atomic mass is 16.5. The molecule has 5 heteroatoms. The maximum absolute atomic E-state index is 6.08. The lowest BCUT2D eigenvalue weighted by atomic mass is 10.2. The molecule has 0 saturated heterocycles. The average molecular weight is 379 g/mol. The van der Waals surface area contributed by atoms with Gasteiger partial charge in [-0.2, -0.15) is 0 Å². The second-order valence-electron chi connectivity index (χ2n) is 6.17. The zero-order valence-electron chi connectivity index (χ0n) is 16.4. The van der Waals surface area contributed by atoms with Crippen molar-refractivity contribution in [3.8, 4) is 23.0 Å². The van der Waals surface area contributed by atoms with E-state index in [1.807, 2.05) is 73.8 Å². The van der Waals surface area contributed by atoms with E-state index in [0.717, 1.165) is 22.6 Å². The SMILES string of the molecule is CNc1cc(OC)c(OCc2ccccc2)c(OCc2ccc(OC)cc2)c1. The maximum Gasteiger partial charge on any atom is 0.204 e. The highest BCUT2D eigenvalue weighted by Crippen LogP contribution is 2.41. The second kappa shape index (κ2) is 9.55. The number of rotatable bonds is 9. The molecule has 0 aromatic heterocycles. The van der Waals surface area contributed by atoms with E-state index in [1.54, 1.807) is 14.2 Å². The summed E-state index contributed by atoms with van der Waals surface area (Å²) in [4.78, 5) is 0. The van der Waals surface area contributed by atoms with Gasteiger partial charge in [0.2, 0.25) is 5.75 Å². The Morgan fingerprint density at radius 3 is 2.00 bits per heavy atom. The summed E-state index contributed by atoms with van der Waals surface area (Å²) in [6, 6.07) is 21.6. The van der Waals surface area contributed by atoms with Crippen LogP contribution in [0.1, 0.15) is 11.1 Å². The molecule has 3 rings (SSSR count). The van der Waals surface area contributed by atoms with Crippen LogP contribution in [0.4, 0.5) is 5.69 Å². The Bertz CT molecular complexity index is 879. The topological polar surface area (TPSA) is 49.0 Å². The van der Waals surface area contributed by atoms with E-state index in [1.165, 1.54) is 0 Å². The van der Waals surface area contributed by atoms with Crippen LogP contribution in [0.2, 0.25) is 0 Å². The number of ether oxygens (including phenoxy) is 4. The van der Waals surface area contributed by atoms with Gasteiger partial charge in [0.15, 0.2) is 11.5 Å². The monoisotopic (exact) mass is 379 g/mol. The molecule has 0 fully saturated rings. The van der Waals surface area contributed by atoms with Gasteiger partial charge in [-0.25, -0.2) is 0 Å². The predicted molar refractivity (Wildman–Crippen MR) is 111 cm³/mol. The molecule has 0 spiro atoms. The van der Waals surface area contributed by atoms with E-state index in [0.29, 0.717) is 30.5 Å². The first-order valence-electron chi connectivity index (χ1n) is 9.05. The lowest BCUT2D eigenvalue weighted by Crippen LogP contribution is -2.03. The van der Waals surface area contributed by atoms with Gasteiger partial charge in [0, 0.05) is 24.9 Å². The van der Waals surface area contributed by atoms with E-state index < -0.39 is 0 Å². The molecule has 0 bridgehead atoms. The van der Waals surface area contributed by atoms with Crippen molar-refractivity contribution in [3.63, 3.8) is 0 Å². The van der Waals surface area contributed by atoms with Gasteiger partial charge in [-0.1, -0.05) is 42.5 Å². The number of hydrogen-bond donors (Lipinski definition) is 1. The van der Waals surface area contributed by atoms with Gasteiger partial charge in [0.25, 0.3) is 0 Å². The molecular weight excluding hydrogens is 354 g/mol. The first kappa shape index (κ1) is 19.4. The summed E-state index contributed by atoms with van der Waals surface area (Å²) in [6.45, 7) is 0.830. The summed E-state index contributed by atoms with van der Waals surface area (Å²) in [5.41, 5.74) is 2.99. The smallest absolute Gasteiger partial charge is 0.204 e. The van der Waals surface area contributed by atoms with Crippen LogP contribution in [0.15, 0.2) is 66.7 Å². The summed E-state index contributed by atoms with van der Waals surface area (Å²) >= 11 is 0. The first-order valence-corrected chi connectivity index (χ1v) is 9.05. The van der Waals surface area contributed by atoms with Crippen molar-refractivity contribution in [2.45, 2.75) is 13.2 Å². The fraction of sp³-hybridized carbons (Fsp3) is 0.217. The molecule has 28 heavy (non-hydrogen) atoms. The molecule has 3 aromatic rings. The standard InChI is InChI=1S/C23H25NO4/c1-24-19-13-21(26-3)23(28-16-17-7-5-4-6-8-17)22(14-19)27-15-18-9-11-20(25-2)12-10-18/h4-14,24H,15-16H2,1-3H3. The molecule has 0 saturated carbocycles. The molecular formula is C23H25NO4.